The third-order valence-electron chi connectivity index (χ3n) is 4.49. The van der Waals surface area contributed by atoms with Crippen molar-refractivity contribution < 1.29 is 4.42 Å². The van der Waals surface area contributed by atoms with Crippen molar-refractivity contribution in [2.75, 3.05) is 0 Å². The average molecular weight is 429 g/mol. The van der Waals surface area contributed by atoms with E-state index in [4.69, 9.17) is 9.40 Å². The summed E-state index contributed by atoms with van der Waals surface area (Å²) in [5.74, 6) is 2.21. The molecule has 5 rings (SSSR count). The molecule has 4 heterocycles. The van der Waals surface area contributed by atoms with Gasteiger partial charge in [0.05, 0.1) is 11.1 Å². The minimum absolute atomic E-state index is 0.0405. The van der Waals surface area contributed by atoms with Gasteiger partial charge in [-0.2, -0.15) is 0 Å². The van der Waals surface area contributed by atoms with Crippen LogP contribution >= 0.6 is 34.4 Å². The van der Waals surface area contributed by atoms with Crippen LogP contribution in [-0.4, -0.2) is 19.7 Å². The van der Waals surface area contributed by atoms with Crippen molar-refractivity contribution >= 4 is 44.7 Å². The zero-order valence-electron chi connectivity index (χ0n) is 14.8. The van der Waals surface area contributed by atoms with Crippen molar-refractivity contribution in [1.29, 1.82) is 0 Å². The van der Waals surface area contributed by atoms with Crippen LogP contribution in [0.25, 0.3) is 20.7 Å². The number of hydrogen-bond donors (Lipinski definition) is 0. The highest BCUT2D eigenvalue weighted by Gasteiger charge is 2.29. The highest BCUT2D eigenvalue weighted by Crippen LogP contribution is 2.39. The van der Waals surface area contributed by atoms with Gasteiger partial charge in [0.1, 0.15) is 4.83 Å². The maximum absolute atomic E-state index is 13.3. The molecule has 0 amide bonds. The normalized spacial score (nSPS) is 14.0. The van der Waals surface area contributed by atoms with Crippen molar-refractivity contribution in [3.8, 4) is 10.4 Å². The van der Waals surface area contributed by atoms with E-state index in [0.717, 1.165) is 34.0 Å². The summed E-state index contributed by atoms with van der Waals surface area (Å²) in [4.78, 5) is 19.8. The number of nitrogens with zero attached hydrogens (tertiary/aromatic N) is 4. The Hall–Kier alpha value is -2.23. The van der Waals surface area contributed by atoms with Crippen LogP contribution in [0.1, 0.15) is 30.5 Å². The third kappa shape index (κ3) is 3.23. The third-order valence-corrected chi connectivity index (χ3v) is 7.23. The summed E-state index contributed by atoms with van der Waals surface area (Å²) >= 11 is 4.56. The molecule has 1 aliphatic carbocycles. The molecule has 6 nitrogen and oxygen atoms in total. The van der Waals surface area contributed by atoms with Crippen molar-refractivity contribution in [2.45, 2.75) is 36.2 Å². The molecule has 0 aromatic carbocycles. The van der Waals surface area contributed by atoms with E-state index in [-0.39, 0.29) is 5.56 Å². The van der Waals surface area contributed by atoms with Crippen molar-refractivity contribution in [3.63, 3.8) is 0 Å². The second-order valence-electron chi connectivity index (χ2n) is 6.50. The Morgan fingerprint density at radius 3 is 3.00 bits per heavy atom. The molecule has 28 heavy (non-hydrogen) atoms. The molecule has 0 spiro atoms. The Morgan fingerprint density at radius 2 is 2.25 bits per heavy atom. The summed E-state index contributed by atoms with van der Waals surface area (Å²) in [6.45, 7) is 4.20. The summed E-state index contributed by atoms with van der Waals surface area (Å²) < 4.78 is 7.39. The highest BCUT2D eigenvalue weighted by molar-refractivity contribution is 7.98. The molecule has 9 heteroatoms. The Kier molecular flexibility index (Phi) is 4.65. The van der Waals surface area contributed by atoms with E-state index in [1.807, 2.05) is 22.9 Å². The summed E-state index contributed by atoms with van der Waals surface area (Å²) in [5.41, 5.74) is 0.911. The second kappa shape index (κ2) is 7.31. The van der Waals surface area contributed by atoms with E-state index in [1.54, 1.807) is 22.0 Å². The minimum Gasteiger partial charge on any atom is -0.424 e. The molecular weight excluding hydrogens is 412 g/mol. The fourth-order valence-corrected chi connectivity index (χ4v) is 5.61. The van der Waals surface area contributed by atoms with Gasteiger partial charge in [-0.25, -0.2) is 4.98 Å². The standard InChI is InChI=1S/C19H16N4O2S3/c1-2-7-23-18(24)15-12(13-4-3-8-26-13)9-27-17(15)20-19(23)28-10-14-21-22-16(25-14)11-5-6-11/h2-4,8-9,11H,1,5-7,10H2. The largest absolute Gasteiger partial charge is 0.424 e. The fraction of sp³-hybridized carbons (Fsp3) is 0.263. The van der Waals surface area contributed by atoms with Gasteiger partial charge in [-0.1, -0.05) is 23.9 Å². The number of fused-ring (bicyclic) bond motifs is 1. The molecule has 1 aliphatic rings. The van der Waals surface area contributed by atoms with Crippen LogP contribution in [0.5, 0.6) is 0 Å². The van der Waals surface area contributed by atoms with Crippen LogP contribution in [0, 0.1) is 0 Å². The lowest BCUT2D eigenvalue weighted by Gasteiger charge is -2.09. The zero-order chi connectivity index (χ0) is 19.1. The van der Waals surface area contributed by atoms with Crippen LogP contribution in [0.3, 0.4) is 0 Å². The first-order valence-corrected chi connectivity index (χ1v) is 11.6. The molecular formula is C19H16N4O2S3. The first-order chi connectivity index (χ1) is 13.7. The predicted octanol–water partition coefficient (Wildman–Crippen LogP) is 4.93. The number of aromatic nitrogens is 4. The van der Waals surface area contributed by atoms with E-state index >= 15 is 0 Å². The lowest BCUT2D eigenvalue weighted by atomic mass is 10.2. The molecule has 0 radical (unpaired) electrons. The molecule has 1 fully saturated rings. The number of hydrogen-bond acceptors (Lipinski definition) is 8. The van der Waals surface area contributed by atoms with E-state index < -0.39 is 0 Å². The van der Waals surface area contributed by atoms with Gasteiger partial charge in [-0.15, -0.1) is 39.4 Å². The number of rotatable bonds is 7. The topological polar surface area (TPSA) is 73.8 Å². The molecule has 0 N–H and O–H groups in total. The molecule has 0 atom stereocenters. The van der Waals surface area contributed by atoms with Gasteiger partial charge in [0, 0.05) is 28.3 Å². The van der Waals surface area contributed by atoms with E-state index in [9.17, 15) is 4.79 Å². The summed E-state index contributed by atoms with van der Waals surface area (Å²) in [5, 5.41) is 13.6. The SMILES string of the molecule is C=CCn1c(SCc2nnc(C3CC3)o2)nc2scc(-c3cccs3)c2c1=O. The Bertz CT molecular complexity index is 1200. The zero-order valence-corrected chi connectivity index (χ0v) is 17.3. The molecule has 0 bridgehead atoms. The van der Waals surface area contributed by atoms with E-state index in [2.05, 4.69) is 16.8 Å². The molecule has 1 saturated carbocycles. The average Bonchev–Trinajstić information content (AvgIpc) is 3.12. The molecule has 0 unspecified atom stereocenters. The minimum atomic E-state index is -0.0405. The number of allylic oxidation sites excluding steroid dienone is 1. The smallest absolute Gasteiger partial charge is 0.263 e. The van der Waals surface area contributed by atoms with Crippen LogP contribution in [0.4, 0.5) is 0 Å². The monoisotopic (exact) mass is 428 g/mol. The fourth-order valence-electron chi connectivity index (χ4n) is 2.97. The van der Waals surface area contributed by atoms with E-state index in [0.29, 0.717) is 34.6 Å². The Balaban J connectivity index is 1.51. The molecule has 142 valence electrons. The lowest BCUT2D eigenvalue weighted by molar-refractivity contribution is 0.466. The van der Waals surface area contributed by atoms with Gasteiger partial charge in [0.15, 0.2) is 5.16 Å². The van der Waals surface area contributed by atoms with Crippen molar-refractivity contribution in [1.82, 2.24) is 19.7 Å². The predicted molar refractivity (Wildman–Crippen MR) is 113 cm³/mol. The van der Waals surface area contributed by atoms with Crippen LogP contribution in [0.15, 0.2) is 49.9 Å². The summed E-state index contributed by atoms with van der Waals surface area (Å²) in [6.07, 6.45) is 3.96. The van der Waals surface area contributed by atoms with Crippen molar-refractivity contribution in [3.05, 3.63) is 57.7 Å². The lowest BCUT2D eigenvalue weighted by Crippen LogP contribution is -2.22. The Morgan fingerprint density at radius 1 is 1.36 bits per heavy atom. The van der Waals surface area contributed by atoms with Gasteiger partial charge < -0.3 is 4.42 Å². The van der Waals surface area contributed by atoms with Gasteiger partial charge >= 0.3 is 0 Å². The van der Waals surface area contributed by atoms with Crippen LogP contribution in [0.2, 0.25) is 0 Å². The Labute approximate surface area is 173 Å². The van der Waals surface area contributed by atoms with Crippen LogP contribution < -0.4 is 5.56 Å². The highest BCUT2D eigenvalue weighted by atomic mass is 32.2. The van der Waals surface area contributed by atoms with Crippen LogP contribution in [-0.2, 0) is 12.3 Å². The number of thioether (sulfide) groups is 1. The first-order valence-electron chi connectivity index (χ1n) is 8.86. The first kappa shape index (κ1) is 17.8. The van der Waals surface area contributed by atoms with Gasteiger partial charge in [0.25, 0.3) is 5.56 Å². The van der Waals surface area contributed by atoms with Gasteiger partial charge in [-0.05, 0) is 24.3 Å². The maximum atomic E-state index is 13.3. The summed E-state index contributed by atoms with van der Waals surface area (Å²) in [6, 6.07) is 4.02. The molecule has 0 aliphatic heterocycles. The molecule has 4 aromatic rings. The van der Waals surface area contributed by atoms with Gasteiger partial charge in [-0.3, -0.25) is 9.36 Å². The molecule has 4 aromatic heterocycles. The quantitative estimate of drug-likeness (QED) is 0.236. The molecule has 0 saturated heterocycles. The van der Waals surface area contributed by atoms with Gasteiger partial charge in [0.2, 0.25) is 11.8 Å². The number of thiophene rings is 2. The van der Waals surface area contributed by atoms with Crippen molar-refractivity contribution in [2.24, 2.45) is 0 Å². The second-order valence-corrected chi connectivity index (χ2v) is 9.25. The summed E-state index contributed by atoms with van der Waals surface area (Å²) in [7, 11) is 0. The van der Waals surface area contributed by atoms with E-state index in [1.165, 1.54) is 23.1 Å². The maximum Gasteiger partial charge on any atom is 0.263 e.